The Morgan fingerprint density at radius 2 is 2.22 bits per heavy atom. The number of aromatic hydroxyl groups is 1. The lowest BCUT2D eigenvalue weighted by Gasteiger charge is -2.19. The van der Waals surface area contributed by atoms with Gasteiger partial charge in [-0.1, -0.05) is 0 Å². The van der Waals surface area contributed by atoms with Crippen molar-refractivity contribution in [3.63, 3.8) is 0 Å². The molecule has 0 saturated heterocycles. The van der Waals surface area contributed by atoms with Gasteiger partial charge in [0, 0.05) is 11.6 Å². The van der Waals surface area contributed by atoms with E-state index in [1.807, 2.05) is 0 Å². The molecule has 0 fully saturated rings. The molecule has 1 aromatic rings. The molecule has 96 valence electrons. The van der Waals surface area contributed by atoms with Crippen molar-refractivity contribution >= 4 is 12.0 Å². The minimum atomic E-state index is -0.452. The largest absolute Gasteiger partial charge is 0.504 e. The van der Waals surface area contributed by atoms with Crippen LogP contribution >= 0.6 is 0 Å². The van der Waals surface area contributed by atoms with Gasteiger partial charge in [-0.3, -0.25) is 0 Å². The Morgan fingerprint density at radius 3 is 3.00 bits per heavy atom. The summed E-state index contributed by atoms with van der Waals surface area (Å²) < 4.78 is 15.4. The number of phenolic OH excluding ortho intramolecular Hbond substituents is 1. The predicted molar refractivity (Wildman–Crippen MR) is 64.8 cm³/mol. The molecule has 0 saturated carbocycles. The first kappa shape index (κ1) is 12.3. The first-order chi connectivity index (χ1) is 8.72. The number of carbonyl (C=O) groups is 1. The van der Waals surface area contributed by atoms with E-state index in [9.17, 15) is 9.90 Å². The molecule has 0 aliphatic carbocycles. The fourth-order valence-electron chi connectivity index (χ4n) is 1.60. The van der Waals surface area contributed by atoms with E-state index in [0.29, 0.717) is 36.9 Å². The number of rotatable bonds is 3. The van der Waals surface area contributed by atoms with Crippen LogP contribution in [0.3, 0.4) is 0 Å². The highest BCUT2D eigenvalue weighted by atomic mass is 16.6. The molecule has 0 unspecified atom stereocenters. The van der Waals surface area contributed by atoms with Crippen LogP contribution in [0.5, 0.6) is 17.2 Å². The Balaban J connectivity index is 2.21. The quantitative estimate of drug-likeness (QED) is 0.654. The van der Waals surface area contributed by atoms with Crippen molar-refractivity contribution in [2.24, 2.45) is 0 Å². The summed E-state index contributed by atoms with van der Waals surface area (Å²) in [5.74, 6) is 0.332. The Bertz CT molecular complexity index is 479. The van der Waals surface area contributed by atoms with Crippen LogP contribution < -0.4 is 9.47 Å². The van der Waals surface area contributed by atoms with Gasteiger partial charge in [0.15, 0.2) is 11.5 Å². The number of esters is 1. The van der Waals surface area contributed by atoms with Gasteiger partial charge in [-0.15, -0.1) is 0 Å². The molecule has 5 heteroatoms. The summed E-state index contributed by atoms with van der Waals surface area (Å²) in [7, 11) is 0. The Morgan fingerprint density at radius 1 is 1.44 bits per heavy atom. The molecule has 0 aromatic heterocycles. The van der Waals surface area contributed by atoms with Gasteiger partial charge in [-0.2, -0.15) is 0 Å². The highest BCUT2D eigenvalue weighted by Crippen LogP contribution is 2.41. The van der Waals surface area contributed by atoms with E-state index >= 15 is 0 Å². The topological polar surface area (TPSA) is 65.0 Å². The Hall–Kier alpha value is -2.17. The monoisotopic (exact) mass is 250 g/mol. The number of carbonyl (C=O) groups excluding carboxylic acids is 1. The Labute approximate surface area is 105 Å². The molecular weight excluding hydrogens is 236 g/mol. The highest BCUT2D eigenvalue weighted by molar-refractivity contribution is 5.88. The molecule has 1 heterocycles. The molecule has 1 aliphatic heterocycles. The standard InChI is InChI=1S/C13H14O5/c1-2-16-11(14)6-4-9-3-5-10-13(12(9)15)18-8-7-17-10/h3-6,15H,2,7-8H2,1H3/b6-4+. The molecule has 0 spiro atoms. The smallest absolute Gasteiger partial charge is 0.330 e. The van der Waals surface area contributed by atoms with Gasteiger partial charge >= 0.3 is 5.97 Å². The maximum atomic E-state index is 11.2. The van der Waals surface area contributed by atoms with Crippen LogP contribution in [0.4, 0.5) is 0 Å². The zero-order chi connectivity index (χ0) is 13.0. The lowest BCUT2D eigenvalue weighted by Crippen LogP contribution is -2.15. The molecule has 1 N–H and O–H groups in total. The second-order valence-electron chi connectivity index (χ2n) is 3.61. The van der Waals surface area contributed by atoms with E-state index in [1.165, 1.54) is 12.2 Å². The van der Waals surface area contributed by atoms with Gasteiger partial charge in [0.1, 0.15) is 13.2 Å². The van der Waals surface area contributed by atoms with Crippen LogP contribution in [0.25, 0.3) is 6.08 Å². The fourth-order valence-corrected chi connectivity index (χ4v) is 1.60. The molecule has 5 nitrogen and oxygen atoms in total. The zero-order valence-corrected chi connectivity index (χ0v) is 10.0. The molecular formula is C13H14O5. The predicted octanol–water partition coefficient (Wildman–Crippen LogP) is 1.74. The van der Waals surface area contributed by atoms with Crippen molar-refractivity contribution in [1.82, 2.24) is 0 Å². The van der Waals surface area contributed by atoms with E-state index < -0.39 is 5.97 Å². The summed E-state index contributed by atoms with van der Waals surface area (Å²) in [5, 5.41) is 9.97. The number of benzene rings is 1. The molecule has 0 amide bonds. The van der Waals surface area contributed by atoms with Crippen LogP contribution in [0.2, 0.25) is 0 Å². The van der Waals surface area contributed by atoms with Crippen LogP contribution in [0.15, 0.2) is 18.2 Å². The van der Waals surface area contributed by atoms with Gasteiger partial charge in [0.25, 0.3) is 0 Å². The van der Waals surface area contributed by atoms with E-state index in [1.54, 1.807) is 19.1 Å². The lowest BCUT2D eigenvalue weighted by molar-refractivity contribution is -0.137. The molecule has 0 atom stereocenters. The van der Waals surface area contributed by atoms with Crippen molar-refractivity contribution in [2.45, 2.75) is 6.92 Å². The highest BCUT2D eigenvalue weighted by Gasteiger charge is 2.17. The number of ether oxygens (including phenoxy) is 3. The maximum Gasteiger partial charge on any atom is 0.330 e. The van der Waals surface area contributed by atoms with Crippen molar-refractivity contribution in [2.75, 3.05) is 19.8 Å². The maximum absolute atomic E-state index is 11.2. The van der Waals surface area contributed by atoms with E-state index in [-0.39, 0.29) is 5.75 Å². The number of hydrogen-bond donors (Lipinski definition) is 1. The SMILES string of the molecule is CCOC(=O)/C=C/c1ccc2c(c1O)OCCO2. The average molecular weight is 250 g/mol. The van der Waals surface area contributed by atoms with E-state index in [2.05, 4.69) is 0 Å². The molecule has 1 aliphatic rings. The van der Waals surface area contributed by atoms with Gasteiger partial charge in [-0.25, -0.2) is 4.79 Å². The summed E-state index contributed by atoms with van der Waals surface area (Å²) in [6.45, 7) is 2.90. The van der Waals surface area contributed by atoms with E-state index in [0.717, 1.165) is 0 Å². The molecule has 0 radical (unpaired) electrons. The summed E-state index contributed by atoms with van der Waals surface area (Å²) in [6.07, 6.45) is 2.74. The number of phenols is 1. The third-order valence-corrected chi connectivity index (χ3v) is 2.40. The molecule has 18 heavy (non-hydrogen) atoms. The second kappa shape index (κ2) is 5.44. The van der Waals surface area contributed by atoms with Gasteiger partial charge < -0.3 is 19.3 Å². The fraction of sp³-hybridized carbons (Fsp3) is 0.308. The van der Waals surface area contributed by atoms with Crippen molar-refractivity contribution in [1.29, 1.82) is 0 Å². The van der Waals surface area contributed by atoms with Crippen LogP contribution in [0.1, 0.15) is 12.5 Å². The van der Waals surface area contributed by atoms with Crippen LogP contribution in [-0.2, 0) is 9.53 Å². The summed E-state index contributed by atoms with van der Waals surface area (Å²) >= 11 is 0. The van der Waals surface area contributed by atoms with Crippen LogP contribution in [-0.4, -0.2) is 30.9 Å². The Kier molecular flexibility index (Phi) is 3.72. The minimum absolute atomic E-state index is 0.0345. The molecule has 2 rings (SSSR count). The summed E-state index contributed by atoms with van der Waals surface area (Å²) in [4.78, 5) is 11.2. The first-order valence-corrected chi connectivity index (χ1v) is 5.68. The average Bonchev–Trinajstić information content (AvgIpc) is 2.39. The minimum Gasteiger partial charge on any atom is -0.504 e. The summed E-state index contributed by atoms with van der Waals surface area (Å²) in [6, 6.07) is 3.34. The zero-order valence-electron chi connectivity index (χ0n) is 10.0. The van der Waals surface area contributed by atoms with Crippen LogP contribution in [0, 0.1) is 0 Å². The third kappa shape index (κ3) is 2.56. The van der Waals surface area contributed by atoms with Gasteiger partial charge in [-0.05, 0) is 25.1 Å². The van der Waals surface area contributed by atoms with E-state index in [4.69, 9.17) is 14.2 Å². The third-order valence-electron chi connectivity index (χ3n) is 2.40. The normalized spacial score (nSPS) is 13.6. The van der Waals surface area contributed by atoms with Crippen molar-refractivity contribution < 1.29 is 24.1 Å². The number of hydrogen-bond acceptors (Lipinski definition) is 5. The molecule has 0 bridgehead atoms. The molecule has 1 aromatic carbocycles. The first-order valence-electron chi connectivity index (χ1n) is 5.68. The second-order valence-corrected chi connectivity index (χ2v) is 3.61. The van der Waals surface area contributed by atoms with Gasteiger partial charge in [0.2, 0.25) is 5.75 Å². The lowest BCUT2D eigenvalue weighted by atomic mass is 10.1. The van der Waals surface area contributed by atoms with Gasteiger partial charge in [0.05, 0.1) is 6.61 Å². The van der Waals surface area contributed by atoms with Crippen molar-refractivity contribution in [3.05, 3.63) is 23.8 Å². The van der Waals surface area contributed by atoms with Crippen molar-refractivity contribution in [3.8, 4) is 17.2 Å². The number of fused-ring (bicyclic) bond motifs is 1. The summed E-state index contributed by atoms with van der Waals surface area (Å²) in [5.41, 5.74) is 0.479.